The summed E-state index contributed by atoms with van der Waals surface area (Å²) in [7, 11) is 3.04. The van der Waals surface area contributed by atoms with Crippen LogP contribution in [0.25, 0.3) is 0 Å². The molecule has 0 spiro atoms. The number of halogens is 1. The number of ether oxygens (including phenoxy) is 2. The predicted octanol–water partition coefficient (Wildman–Crippen LogP) is 4.04. The van der Waals surface area contributed by atoms with Crippen molar-refractivity contribution in [2.45, 2.75) is 6.54 Å². The fourth-order valence-electron chi connectivity index (χ4n) is 2.75. The lowest BCUT2D eigenvalue weighted by molar-refractivity contribution is 0.0949. The van der Waals surface area contributed by atoms with Gasteiger partial charge in [-0.25, -0.2) is 0 Å². The fourth-order valence-corrected chi connectivity index (χ4v) is 3.30. The van der Waals surface area contributed by atoms with Gasteiger partial charge in [0.2, 0.25) is 0 Å². The summed E-state index contributed by atoms with van der Waals surface area (Å²) >= 11 is 3.39. The molecule has 30 heavy (non-hydrogen) atoms. The number of hydrogen-bond donors (Lipinski definition) is 2. The lowest BCUT2D eigenvalue weighted by atomic mass is 10.1. The number of nitrogens with zero attached hydrogens (tertiary/aromatic N) is 1. The Bertz CT molecular complexity index is 1030. The highest BCUT2D eigenvalue weighted by Crippen LogP contribution is 2.35. The average molecular weight is 470 g/mol. The molecular weight excluding hydrogens is 450 g/mol. The quantitative estimate of drug-likeness (QED) is 0.544. The zero-order chi connectivity index (χ0) is 21.5. The van der Waals surface area contributed by atoms with E-state index in [2.05, 4.69) is 31.5 Å². The van der Waals surface area contributed by atoms with Gasteiger partial charge in [-0.15, -0.1) is 0 Å². The van der Waals surface area contributed by atoms with E-state index in [4.69, 9.17) is 9.47 Å². The first-order chi connectivity index (χ1) is 14.5. The maximum absolute atomic E-state index is 12.6. The first-order valence-electron chi connectivity index (χ1n) is 9.02. The zero-order valence-corrected chi connectivity index (χ0v) is 18.0. The van der Waals surface area contributed by atoms with Crippen molar-refractivity contribution in [3.63, 3.8) is 0 Å². The summed E-state index contributed by atoms with van der Waals surface area (Å²) in [6, 6.07) is 13.8. The molecule has 0 aliphatic rings. The molecule has 8 heteroatoms. The Morgan fingerprint density at radius 2 is 1.60 bits per heavy atom. The van der Waals surface area contributed by atoms with Crippen LogP contribution in [0.4, 0.5) is 5.69 Å². The maximum Gasteiger partial charge on any atom is 0.255 e. The number of carbonyl (C=O) groups excluding carboxylic acids is 2. The minimum absolute atomic E-state index is 0.229. The van der Waals surface area contributed by atoms with E-state index >= 15 is 0 Å². The fraction of sp³-hybridized carbons (Fsp3) is 0.136. The molecule has 7 nitrogen and oxygen atoms in total. The van der Waals surface area contributed by atoms with Crippen LogP contribution in [0.2, 0.25) is 0 Å². The maximum atomic E-state index is 12.6. The third kappa shape index (κ3) is 5.15. The molecule has 0 radical (unpaired) electrons. The molecule has 0 bridgehead atoms. The summed E-state index contributed by atoms with van der Waals surface area (Å²) in [6.45, 7) is 0.290. The SMILES string of the molecule is COc1cc(C(=O)NCc2cccc(NC(=O)c3ccncc3)c2)cc(OC)c1Br. The van der Waals surface area contributed by atoms with Gasteiger partial charge in [0, 0.05) is 35.8 Å². The van der Waals surface area contributed by atoms with E-state index in [1.807, 2.05) is 18.2 Å². The first-order valence-corrected chi connectivity index (χ1v) is 9.81. The molecule has 3 rings (SSSR count). The highest BCUT2D eigenvalue weighted by molar-refractivity contribution is 9.10. The van der Waals surface area contributed by atoms with Crippen LogP contribution < -0.4 is 20.1 Å². The van der Waals surface area contributed by atoms with Crippen LogP contribution in [-0.2, 0) is 6.54 Å². The molecule has 0 saturated heterocycles. The van der Waals surface area contributed by atoms with Gasteiger partial charge in [0.25, 0.3) is 11.8 Å². The molecular formula is C22H20BrN3O4. The molecule has 3 aromatic rings. The van der Waals surface area contributed by atoms with Crippen molar-refractivity contribution >= 4 is 33.4 Å². The van der Waals surface area contributed by atoms with Crippen molar-refractivity contribution in [1.29, 1.82) is 0 Å². The van der Waals surface area contributed by atoms with Gasteiger partial charge < -0.3 is 20.1 Å². The average Bonchev–Trinajstić information content (AvgIpc) is 2.78. The Hall–Kier alpha value is -3.39. The molecule has 2 N–H and O–H groups in total. The highest BCUT2D eigenvalue weighted by atomic mass is 79.9. The summed E-state index contributed by atoms with van der Waals surface area (Å²) in [5.74, 6) is 0.499. The molecule has 0 atom stereocenters. The van der Waals surface area contributed by atoms with E-state index in [-0.39, 0.29) is 11.8 Å². The second kappa shape index (κ2) is 9.89. The van der Waals surface area contributed by atoms with Gasteiger partial charge in [-0.05, 0) is 57.9 Å². The number of aromatic nitrogens is 1. The van der Waals surface area contributed by atoms with Crippen LogP contribution in [0, 0.1) is 0 Å². The van der Waals surface area contributed by atoms with Gasteiger partial charge in [-0.3, -0.25) is 14.6 Å². The second-order valence-corrected chi connectivity index (χ2v) is 7.06. The Morgan fingerprint density at radius 3 is 2.23 bits per heavy atom. The van der Waals surface area contributed by atoms with Crippen LogP contribution in [0.5, 0.6) is 11.5 Å². The van der Waals surface area contributed by atoms with Crippen molar-refractivity contribution < 1.29 is 19.1 Å². The van der Waals surface area contributed by atoms with Crippen molar-refractivity contribution in [2.24, 2.45) is 0 Å². The third-order valence-corrected chi connectivity index (χ3v) is 5.07. The van der Waals surface area contributed by atoms with Crippen LogP contribution in [0.3, 0.4) is 0 Å². The van der Waals surface area contributed by atoms with E-state index in [0.29, 0.717) is 39.3 Å². The van der Waals surface area contributed by atoms with Crippen molar-refractivity contribution in [1.82, 2.24) is 10.3 Å². The van der Waals surface area contributed by atoms with Crippen molar-refractivity contribution in [2.75, 3.05) is 19.5 Å². The molecule has 0 fully saturated rings. The van der Waals surface area contributed by atoms with Crippen molar-refractivity contribution in [3.8, 4) is 11.5 Å². The van der Waals surface area contributed by atoms with Gasteiger partial charge in [-0.2, -0.15) is 0 Å². The minimum Gasteiger partial charge on any atom is -0.495 e. The van der Waals surface area contributed by atoms with Crippen LogP contribution >= 0.6 is 15.9 Å². The molecule has 1 heterocycles. The molecule has 2 amide bonds. The van der Waals surface area contributed by atoms with Gasteiger partial charge in [0.1, 0.15) is 16.0 Å². The number of methoxy groups -OCH3 is 2. The van der Waals surface area contributed by atoms with E-state index in [0.717, 1.165) is 5.56 Å². The Morgan fingerprint density at radius 1 is 0.933 bits per heavy atom. The monoisotopic (exact) mass is 469 g/mol. The van der Waals surface area contributed by atoms with E-state index < -0.39 is 0 Å². The number of amides is 2. The number of carbonyl (C=O) groups is 2. The van der Waals surface area contributed by atoms with Gasteiger partial charge in [-0.1, -0.05) is 12.1 Å². The summed E-state index contributed by atoms with van der Waals surface area (Å²) in [5.41, 5.74) is 2.40. The second-order valence-electron chi connectivity index (χ2n) is 6.27. The zero-order valence-electron chi connectivity index (χ0n) is 16.4. The Balaban J connectivity index is 1.67. The Labute approximate surface area is 182 Å². The van der Waals surface area contributed by atoms with E-state index in [9.17, 15) is 9.59 Å². The number of hydrogen-bond acceptors (Lipinski definition) is 5. The molecule has 0 unspecified atom stereocenters. The topological polar surface area (TPSA) is 89.6 Å². The Kier molecular flexibility index (Phi) is 7.03. The highest BCUT2D eigenvalue weighted by Gasteiger charge is 2.14. The van der Waals surface area contributed by atoms with Crippen LogP contribution in [-0.4, -0.2) is 31.0 Å². The lowest BCUT2D eigenvalue weighted by Gasteiger charge is -2.12. The van der Waals surface area contributed by atoms with Crippen LogP contribution in [0.1, 0.15) is 26.3 Å². The summed E-state index contributed by atoms with van der Waals surface area (Å²) in [4.78, 5) is 28.8. The van der Waals surface area contributed by atoms with Gasteiger partial charge >= 0.3 is 0 Å². The van der Waals surface area contributed by atoms with E-state index in [1.165, 1.54) is 14.2 Å². The van der Waals surface area contributed by atoms with E-state index in [1.54, 1.807) is 42.7 Å². The number of pyridine rings is 1. The lowest BCUT2D eigenvalue weighted by Crippen LogP contribution is -2.23. The largest absolute Gasteiger partial charge is 0.495 e. The van der Waals surface area contributed by atoms with Crippen molar-refractivity contribution in [3.05, 3.63) is 82.1 Å². The van der Waals surface area contributed by atoms with Crippen LogP contribution in [0.15, 0.2) is 65.4 Å². The molecule has 0 aliphatic heterocycles. The number of rotatable bonds is 7. The smallest absolute Gasteiger partial charge is 0.255 e. The number of benzene rings is 2. The summed E-state index contributed by atoms with van der Waals surface area (Å²) in [6.07, 6.45) is 3.12. The molecule has 2 aromatic carbocycles. The normalized spacial score (nSPS) is 10.2. The molecule has 154 valence electrons. The predicted molar refractivity (Wildman–Crippen MR) is 117 cm³/mol. The molecule has 1 aromatic heterocycles. The first kappa shape index (κ1) is 21.3. The third-order valence-electron chi connectivity index (χ3n) is 4.29. The molecule has 0 saturated carbocycles. The van der Waals surface area contributed by atoms with Gasteiger partial charge in [0.05, 0.1) is 14.2 Å². The number of nitrogens with one attached hydrogen (secondary N) is 2. The number of anilines is 1. The summed E-state index contributed by atoms with van der Waals surface area (Å²) < 4.78 is 11.2. The molecule has 0 aliphatic carbocycles. The van der Waals surface area contributed by atoms with Gasteiger partial charge in [0.15, 0.2) is 0 Å². The standard InChI is InChI=1S/C22H20BrN3O4/c1-29-18-11-16(12-19(30-2)20(18)23)21(27)25-13-14-4-3-5-17(10-14)26-22(28)15-6-8-24-9-7-15/h3-12H,13H2,1-2H3,(H,25,27)(H,26,28). The minimum atomic E-state index is -0.273. The summed E-state index contributed by atoms with van der Waals surface area (Å²) in [5, 5.41) is 5.70.